The third kappa shape index (κ3) is 2.61. The molecule has 2 N–H and O–H groups in total. The molecule has 5 heteroatoms. The number of hydrogen-bond donors (Lipinski definition) is 2. The number of aliphatic hydroxyl groups is 1. The van der Waals surface area contributed by atoms with Gasteiger partial charge in [0.05, 0.1) is 16.7 Å². The molecule has 2 aliphatic heterocycles. The van der Waals surface area contributed by atoms with Crippen molar-refractivity contribution in [2.24, 2.45) is 0 Å². The quantitative estimate of drug-likeness (QED) is 0.432. The molecule has 3 aromatic carbocycles. The molecule has 5 nitrogen and oxygen atoms in total. The van der Waals surface area contributed by atoms with Gasteiger partial charge in [0.1, 0.15) is 0 Å². The molecular formula is C32H30N2O3. The fourth-order valence-electron chi connectivity index (χ4n) is 8.08. The van der Waals surface area contributed by atoms with Crippen LogP contribution in [0.25, 0.3) is 11.1 Å². The molecule has 3 heterocycles. The summed E-state index contributed by atoms with van der Waals surface area (Å²) in [6, 6.07) is 24.8. The van der Waals surface area contributed by atoms with E-state index >= 15 is 0 Å². The van der Waals surface area contributed by atoms with E-state index in [1.807, 2.05) is 18.2 Å². The first kappa shape index (κ1) is 21.5. The van der Waals surface area contributed by atoms with Crippen LogP contribution < -0.4 is 4.74 Å². The fraction of sp³-hybridized carbons (Fsp3) is 0.312. The highest BCUT2D eigenvalue weighted by Crippen LogP contribution is 2.69. The topological polar surface area (TPSA) is 57.9 Å². The van der Waals surface area contributed by atoms with Gasteiger partial charge in [0.15, 0.2) is 17.6 Å². The minimum Gasteiger partial charge on any atom is -0.504 e. The van der Waals surface area contributed by atoms with Crippen LogP contribution in [-0.2, 0) is 24.8 Å². The van der Waals surface area contributed by atoms with E-state index in [-0.39, 0.29) is 17.9 Å². The van der Waals surface area contributed by atoms with Crippen molar-refractivity contribution in [1.29, 1.82) is 0 Å². The van der Waals surface area contributed by atoms with Gasteiger partial charge in [-0.15, -0.1) is 0 Å². The molecule has 0 saturated carbocycles. The van der Waals surface area contributed by atoms with Crippen LogP contribution in [0.15, 0.2) is 79.0 Å². The minimum absolute atomic E-state index is 0.00964. The van der Waals surface area contributed by atoms with Crippen molar-refractivity contribution >= 4 is 0 Å². The van der Waals surface area contributed by atoms with Gasteiger partial charge >= 0.3 is 0 Å². The van der Waals surface area contributed by atoms with Crippen molar-refractivity contribution in [2.45, 2.75) is 49.0 Å². The van der Waals surface area contributed by atoms with Gasteiger partial charge in [-0.1, -0.05) is 66.7 Å². The number of nitrogens with zero attached hydrogens (tertiary/aromatic N) is 2. The summed E-state index contributed by atoms with van der Waals surface area (Å²) in [6.07, 6.45) is 4.01. The molecule has 4 aromatic rings. The highest BCUT2D eigenvalue weighted by molar-refractivity contribution is 5.73. The molecule has 2 bridgehead atoms. The average Bonchev–Trinajstić information content (AvgIpc) is 3.44. The van der Waals surface area contributed by atoms with Crippen molar-refractivity contribution in [3.8, 4) is 22.6 Å². The predicted molar refractivity (Wildman–Crippen MR) is 142 cm³/mol. The Labute approximate surface area is 216 Å². The Morgan fingerprint density at radius 3 is 2.54 bits per heavy atom. The summed E-state index contributed by atoms with van der Waals surface area (Å²) >= 11 is 0. The minimum atomic E-state index is -0.994. The third-order valence-corrected chi connectivity index (χ3v) is 9.68. The van der Waals surface area contributed by atoms with Crippen LogP contribution in [-0.4, -0.2) is 44.9 Å². The van der Waals surface area contributed by atoms with Crippen LogP contribution in [0.4, 0.5) is 0 Å². The van der Waals surface area contributed by atoms with Crippen LogP contribution in [0.3, 0.4) is 0 Å². The zero-order valence-electron chi connectivity index (χ0n) is 20.9. The van der Waals surface area contributed by atoms with Crippen molar-refractivity contribution in [3.63, 3.8) is 0 Å². The molecule has 186 valence electrons. The molecule has 0 amide bonds. The van der Waals surface area contributed by atoms with Gasteiger partial charge in [-0.05, 0) is 54.8 Å². The molecular weight excluding hydrogens is 460 g/mol. The third-order valence-electron chi connectivity index (χ3n) is 9.68. The van der Waals surface area contributed by atoms with E-state index in [4.69, 9.17) is 4.74 Å². The summed E-state index contributed by atoms with van der Waals surface area (Å²) in [7, 11) is 2.14. The second-order valence-electron chi connectivity index (χ2n) is 11.4. The van der Waals surface area contributed by atoms with Gasteiger partial charge in [0.25, 0.3) is 0 Å². The number of phenols is 1. The molecule has 4 aliphatic rings. The first-order valence-electron chi connectivity index (χ1n) is 13.3. The standard InChI is InChI=1S/C32H30N2O3/c1-33-15-14-31-27-22-12-13-25(35)29(27)37-30(31)28-23(17-32(31,36)26(33)16-22)24(21-10-6-3-7-11-21)19-34(28)18-20-8-4-2-5-9-20/h2-13,19,26,30,35-36H,14-18H2,1H3/t26?,30-,31-,32+/m0/s1. The fourth-order valence-corrected chi connectivity index (χ4v) is 8.08. The lowest BCUT2D eigenvalue weighted by molar-refractivity contribution is -0.168. The Bertz CT molecular complexity index is 1550. The van der Waals surface area contributed by atoms with E-state index in [0.717, 1.165) is 48.3 Å². The summed E-state index contributed by atoms with van der Waals surface area (Å²) in [4.78, 5) is 2.34. The summed E-state index contributed by atoms with van der Waals surface area (Å²) in [6.45, 7) is 1.62. The molecule has 0 radical (unpaired) electrons. The molecule has 1 fully saturated rings. The first-order valence-corrected chi connectivity index (χ1v) is 13.3. The summed E-state index contributed by atoms with van der Waals surface area (Å²) in [5.74, 6) is 0.749. The number of aromatic nitrogens is 1. The molecule has 1 aromatic heterocycles. The highest BCUT2D eigenvalue weighted by atomic mass is 16.5. The number of piperidine rings is 1. The van der Waals surface area contributed by atoms with Crippen LogP contribution >= 0.6 is 0 Å². The molecule has 1 saturated heterocycles. The Balaban J connectivity index is 1.42. The predicted octanol–water partition coefficient (Wildman–Crippen LogP) is 4.83. The van der Waals surface area contributed by atoms with Crippen molar-refractivity contribution in [2.75, 3.05) is 13.6 Å². The largest absolute Gasteiger partial charge is 0.504 e. The average molecular weight is 491 g/mol. The Morgan fingerprint density at radius 2 is 1.76 bits per heavy atom. The number of likely N-dealkylation sites (tertiary alicyclic amines) is 1. The lowest BCUT2D eigenvalue weighted by atomic mass is 9.49. The second-order valence-corrected chi connectivity index (χ2v) is 11.4. The maximum absolute atomic E-state index is 12.9. The van der Waals surface area contributed by atoms with E-state index in [1.54, 1.807) is 6.07 Å². The molecule has 1 unspecified atom stereocenters. The maximum Gasteiger partial charge on any atom is 0.166 e. The number of phenolic OH excluding ortho intramolecular Hbond substituents is 1. The molecule has 1 spiro atoms. The number of benzene rings is 3. The number of rotatable bonds is 3. The Morgan fingerprint density at radius 1 is 1.00 bits per heavy atom. The molecule has 2 aliphatic carbocycles. The number of fused-ring (bicyclic) bond motifs is 2. The van der Waals surface area contributed by atoms with E-state index in [0.29, 0.717) is 12.2 Å². The zero-order chi connectivity index (χ0) is 24.9. The zero-order valence-corrected chi connectivity index (χ0v) is 20.9. The van der Waals surface area contributed by atoms with Crippen LogP contribution in [0, 0.1) is 0 Å². The summed E-state index contributed by atoms with van der Waals surface area (Å²) in [5, 5.41) is 23.8. The monoisotopic (exact) mass is 490 g/mol. The molecule has 37 heavy (non-hydrogen) atoms. The molecule has 8 rings (SSSR count). The maximum atomic E-state index is 12.9. The number of hydrogen-bond acceptors (Lipinski definition) is 4. The lowest BCUT2D eigenvalue weighted by Gasteiger charge is -2.62. The normalized spacial score (nSPS) is 28.9. The van der Waals surface area contributed by atoms with E-state index < -0.39 is 11.0 Å². The van der Waals surface area contributed by atoms with Gasteiger partial charge in [-0.25, -0.2) is 0 Å². The Kier molecular flexibility index (Phi) is 4.23. The van der Waals surface area contributed by atoms with E-state index in [2.05, 4.69) is 71.2 Å². The lowest BCUT2D eigenvalue weighted by Crippen LogP contribution is -2.74. The highest BCUT2D eigenvalue weighted by Gasteiger charge is 2.72. The van der Waals surface area contributed by atoms with Crippen molar-refractivity contribution < 1.29 is 14.9 Å². The summed E-state index contributed by atoms with van der Waals surface area (Å²) in [5.41, 5.74) is 6.51. The van der Waals surface area contributed by atoms with Crippen molar-refractivity contribution in [3.05, 3.63) is 107 Å². The van der Waals surface area contributed by atoms with Gasteiger partial charge in [0, 0.05) is 36.3 Å². The first-order chi connectivity index (χ1) is 18.0. The van der Waals surface area contributed by atoms with Gasteiger partial charge < -0.3 is 24.4 Å². The second kappa shape index (κ2) is 7.27. The number of aromatic hydroxyl groups is 1. The van der Waals surface area contributed by atoms with E-state index in [9.17, 15) is 10.2 Å². The molecule has 4 atom stereocenters. The van der Waals surface area contributed by atoms with Gasteiger partial charge in [-0.3, -0.25) is 0 Å². The SMILES string of the molecule is CN1CC[C@]23c4c5ccc(O)c4O[C@H]2c2c(c(-c4ccccc4)cn2Cc2ccccc2)C[C@@]3(O)C1C5. The van der Waals surface area contributed by atoms with Crippen LogP contribution in [0.2, 0.25) is 0 Å². The summed E-state index contributed by atoms with van der Waals surface area (Å²) < 4.78 is 9.16. The van der Waals surface area contributed by atoms with Crippen LogP contribution in [0.5, 0.6) is 11.5 Å². The van der Waals surface area contributed by atoms with Crippen LogP contribution in [0.1, 0.15) is 40.5 Å². The van der Waals surface area contributed by atoms with Crippen molar-refractivity contribution in [1.82, 2.24) is 9.47 Å². The Hall–Kier alpha value is -3.54. The number of likely N-dealkylation sites (N-methyl/N-ethyl adjacent to an activating group) is 1. The van der Waals surface area contributed by atoms with Gasteiger partial charge in [0.2, 0.25) is 0 Å². The smallest absolute Gasteiger partial charge is 0.166 e. The number of ether oxygens (including phenoxy) is 1. The van der Waals surface area contributed by atoms with E-state index in [1.165, 1.54) is 16.7 Å². The van der Waals surface area contributed by atoms with Gasteiger partial charge in [-0.2, -0.15) is 0 Å².